The standard InChI is InChI=1S/C31H33N3O7S/c1-5-41-30(37)21-7-9-23(10-8-21)33-31-34(17-16-20-6-15-25(39-3)26(18-20)40-4)29(36)27(42-31)19-28(35)32-22-11-13-24(38-2)14-12-22/h6-15,18,27H,5,16-17,19H2,1-4H3,(H,32,35)/t27-/m1/s1. The number of carbonyl (C=O) groups excluding carboxylic acids is 3. The minimum Gasteiger partial charge on any atom is -0.497 e. The Bertz CT molecular complexity index is 1440. The number of amidine groups is 1. The van der Waals surface area contributed by atoms with Crippen molar-refractivity contribution in [2.45, 2.75) is 25.0 Å². The summed E-state index contributed by atoms with van der Waals surface area (Å²) in [5, 5.41) is 2.67. The molecular weight excluding hydrogens is 558 g/mol. The molecule has 42 heavy (non-hydrogen) atoms. The van der Waals surface area contributed by atoms with Gasteiger partial charge in [0.05, 0.1) is 39.2 Å². The molecule has 0 aliphatic carbocycles. The Morgan fingerprint density at radius 2 is 1.64 bits per heavy atom. The number of nitrogens with one attached hydrogen (secondary N) is 1. The van der Waals surface area contributed by atoms with Gasteiger partial charge in [0.1, 0.15) is 11.0 Å². The molecule has 0 aromatic heterocycles. The first-order valence-electron chi connectivity index (χ1n) is 13.3. The fourth-order valence-electron chi connectivity index (χ4n) is 4.26. The van der Waals surface area contributed by atoms with Crippen molar-refractivity contribution < 1.29 is 33.3 Å². The van der Waals surface area contributed by atoms with Crippen LogP contribution in [0.2, 0.25) is 0 Å². The van der Waals surface area contributed by atoms with Crippen LogP contribution in [0.3, 0.4) is 0 Å². The van der Waals surface area contributed by atoms with E-state index in [4.69, 9.17) is 23.9 Å². The second-order valence-electron chi connectivity index (χ2n) is 9.18. The number of carbonyl (C=O) groups is 3. The number of hydrogen-bond donors (Lipinski definition) is 1. The van der Waals surface area contributed by atoms with Gasteiger partial charge in [-0.3, -0.25) is 14.5 Å². The number of methoxy groups -OCH3 is 3. The van der Waals surface area contributed by atoms with Gasteiger partial charge < -0.3 is 24.3 Å². The maximum absolute atomic E-state index is 13.6. The summed E-state index contributed by atoms with van der Waals surface area (Å²) in [6.45, 7) is 2.37. The number of nitrogens with zero attached hydrogens (tertiary/aromatic N) is 2. The van der Waals surface area contributed by atoms with Crippen molar-refractivity contribution in [3.05, 3.63) is 77.9 Å². The molecular formula is C31H33N3O7S. The molecule has 10 nitrogen and oxygen atoms in total. The number of thioether (sulfide) groups is 1. The van der Waals surface area contributed by atoms with Crippen LogP contribution in [-0.4, -0.2) is 67.6 Å². The summed E-state index contributed by atoms with van der Waals surface area (Å²) in [7, 11) is 4.72. The van der Waals surface area contributed by atoms with Gasteiger partial charge in [0, 0.05) is 18.7 Å². The second kappa shape index (κ2) is 14.4. The van der Waals surface area contributed by atoms with E-state index >= 15 is 0 Å². The van der Waals surface area contributed by atoms with Crippen LogP contribution in [0.25, 0.3) is 0 Å². The van der Waals surface area contributed by atoms with Crippen LogP contribution < -0.4 is 19.5 Å². The molecule has 0 saturated carbocycles. The molecule has 1 heterocycles. The summed E-state index contributed by atoms with van der Waals surface area (Å²) in [4.78, 5) is 44.8. The van der Waals surface area contributed by atoms with Crippen molar-refractivity contribution in [3.8, 4) is 17.2 Å². The van der Waals surface area contributed by atoms with E-state index in [1.807, 2.05) is 18.2 Å². The van der Waals surface area contributed by atoms with Crippen LogP contribution in [0, 0.1) is 0 Å². The van der Waals surface area contributed by atoms with Gasteiger partial charge in [0.2, 0.25) is 11.8 Å². The van der Waals surface area contributed by atoms with Crippen LogP contribution in [0.4, 0.5) is 11.4 Å². The third kappa shape index (κ3) is 7.61. The maximum Gasteiger partial charge on any atom is 0.338 e. The molecule has 2 amide bonds. The molecule has 220 valence electrons. The lowest BCUT2D eigenvalue weighted by molar-refractivity contribution is -0.128. The van der Waals surface area contributed by atoms with E-state index in [1.54, 1.807) is 81.7 Å². The van der Waals surface area contributed by atoms with Crippen LogP contribution in [0.5, 0.6) is 17.2 Å². The van der Waals surface area contributed by atoms with Crippen LogP contribution in [0.1, 0.15) is 29.3 Å². The van der Waals surface area contributed by atoms with E-state index in [1.165, 1.54) is 11.8 Å². The zero-order chi connectivity index (χ0) is 30.1. The van der Waals surface area contributed by atoms with Gasteiger partial charge in [-0.25, -0.2) is 9.79 Å². The summed E-state index contributed by atoms with van der Waals surface area (Å²) in [5.74, 6) is 0.988. The molecule has 1 N–H and O–H groups in total. The third-order valence-electron chi connectivity index (χ3n) is 6.44. The highest BCUT2D eigenvalue weighted by atomic mass is 32.2. The van der Waals surface area contributed by atoms with E-state index in [2.05, 4.69) is 5.32 Å². The van der Waals surface area contributed by atoms with Gasteiger partial charge in [0.15, 0.2) is 16.7 Å². The maximum atomic E-state index is 13.6. The van der Waals surface area contributed by atoms with Gasteiger partial charge in [-0.2, -0.15) is 0 Å². The number of ether oxygens (including phenoxy) is 4. The quantitative estimate of drug-likeness (QED) is 0.290. The molecule has 0 spiro atoms. The monoisotopic (exact) mass is 591 g/mol. The Kier molecular flexibility index (Phi) is 10.4. The highest BCUT2D eigenvalue weighted by Gasteiger charge is 2.39. The average Bonchev–Trinajstić information content (AvgIpc) is 3.29. The third-order valence-corrected chi connectivity index (χ3v) is 7.62. The Labute approximate surface area is 249 Å². The minimum atomic E-state index is -0.647. The largest absolute Gasteiger partial charge is 0.497 e. The van der Waals surface area contributed by atoms with Crippen molar-refractivity contribution >= 4 is 46.1 Å². The molecule has 3 aromatic carbocycles. The Balaban J connectivity index is 1.52. The van der Waals surface area contributed by atoms with Gasteiger partial charge >= 0.3 is 5.97 Å². The summed E-state index contributed by atoms with van der Waals surface area (Å²) in [6.07, 6.45) is 0.501. The minimum absolute atomic E-state index is 0.0246. The van der Waals surface area contributed by atoms with E-state index in [0.717, 1.165) is 5.56 Å². The smallest absolute Gasteiger partial charge is 0.338 e. The first kappa shape index (κ1) is 30.4. The number of aliphatic imine (C=N–C) groups is 1. The van der Waals surface area contributed by atoms with Crippen LogP contribution in [0.15, 0.2) is 71.7 Å². The number of benzene rings is 3. The van der Waals surface area contributed by atoms with E-state index in [0.29, 0.717) is 52.3 Å². The molecule has 3 aromatic rings. The van der Waals surface area contributed by atoms with Crippen molar-refractivity contribution in [1.29, 1.82) is 0 Å². The fourth-order valence-corrected chi connectivity index (χ4v) is 5.44. The number of anilines is 1. The summed E-state index contributed by atoms with van der Waals surface area (Å²) in [6, 6.07) is 19.2. The molecule has 4 rings (SSSR count). The van der Waals surface area contributed by atoms with Gasteiger partial charge in [-0.15, -0.1) is 0 Å². The number of rotatable bonds is 12. The molecule has 0 bridgehead atoms. The summed E-state index contributed by atoms with van der Waals surface area (Å²) >= 11 is 1.24. The lowest BCUT2D eigenvalue weighted by Gasteiger charge is -2.17. The fraction of sp³-hybridized carbons (Fsp3) is 0.290. The average molecular weight is 592 g/mol. The molecule has 1 aliphatic rings. The number of hydrogen-bond acceptors (Lipinski definition) is 9. The van der Waals surface area contributed by atoms with Crippen LogP contribution in [-0.2, 0) is 20.7 Å². The van der Waals surface area contributed by atoms with Gasteiger partial charge in [-0.1, -0.05) is 17.8 Å². The van der Waals surface area contributed by atoms with Crippen molar-refractivity contribution in [2.75, 3.05) is 39.8 Å². The normalized spacial score (nSPS) is 15.4. The van der Waals surface area contributed by atoms with Crippen LogP contribution >= 0.6 is 11.8 Å². The van der Waals surface area contributed by atoms with Crippen molar-refractivity contribution in [3.63, 3.8) is 0 Å². The van der Waals surface area contributed by atoms with E-state index < -0.39 is 11.2 Å². The molecule has 1 fully saturated rings. The Morgan fingerprint density at radius 1 is 0.929 bits per heavy atom. The second-order valence-corrected chi connectivity index (χ2v) is 10.3. The Hall–Kier alpha value is -4.51. The molecule has 1 saturated heterocycles. The predicted molar refractivity (Wildman–Crippen MR) is 162 cm³/mol. The SMILES string of the molecule is CCOC(=O)c1ccc(N=C2S[C@H](CC(=O)Nc3ccc(OC)cc3)C(=O)N2CCc2ccc(OC)c(OC)c2)cc1. The lowest BCUT2D eigenvalue weighted by atomic mass is 10.1. The summed E-state index contributed by atoms with van der Waals surface area (Å²) in [5.41, 5.74) is 2.54. The van der Waals surface area contributed by atoms with E-state index in [-0.39, 0.29) is 24.8 Å². The lowest BCUT2D eigenvalue weighted by Crippen LogP contribution is -2.35. The molecule has 11 heteroatoms. The molecule has 1 aliphatic heterocycles. The first-order valence-corrected chi connectivity index (χ1v) is 14.2. The predicted octanol–water partition coefficient (Wildman–Crippen LogP) is 5.09. The van der Waals surface area contributed by atoms with Gasteiger partial charge in [-0.05, 0) is 79.6 Å². The Morgan fingerprint density at radius 3 is 2.29 bits per heavy atom. The van der Waals surface area contributed by atoms with Crippen molar-refractivity contribution in [1.82, 2.24) is 4.90 Å². The zero-order valence-electron chi connectivity index (χ0n) is 23.9. The zero-order valence-corrected chi connectivity index (χ0v) is 24.7. The highest BCUT2D eigenvalue weighted by Crippen LogP contribution is 2.33. The topological polar surface area (TPSA) is 116 Å². The first-order chi connectivity index (χ1) is 20.3. The van der Waals surface area contributed by atoms with Gasteiger partial charge in [0.25, 0.3) is 0 Å². The number of esters is 1. The van der Waals surface area contributed by atoms with E-state index in [9.17, 15) is 14.4 Å². The molecule has 0 radical (unpaired) electrons. The number of amides is 2. The molecule has 0 unspecified atom stereocenters. The highest BCUT2D eigenvalue weighted by molar-refractivity contribution is 8.15. The molecule has 1 atom stereocenters. The summed E-state index contributed by atoms with van der Waals surface area (Å²) < 4.78 is 21.0. The van der Waals surface area contributed by atoms with Crippen molar-refractivity contribution in [2.24, 2.45) is 4.99 Å².